The molecule has 5 heteroatoms. The maximum absolute atomic E-state index is 4.67. The Hall–Kier alpha value is -2.92. The molecule has 1 unspecified atom stereocenters. The Balaban J connectivity index is 1.54. The van der Waals surface area contributed by atoms with Crippen LogP contribution in [0.25, 0.3) is 33.1 Å². The van der Waals surface area contributed by atoms with Gasteiger partial charge in [-0.15, -0.1) is 0 Å². The molecule has 1 N–H and O–H groups in total. The second-order valence-electron chi connectivity index (χ2n) is 8.33. The van der Waals surface area contributed by atoms with E-state index in [2.05, 4.69) is 81.3 Å². The highest BCUT2D eigenvalue weighted by Gasteiger charge is 2.19. The van der Waals surface area contributed by atoms with Crippen molar-refractivity contribution in [3.05, 3.63) is 55.0 Å². The van der Waals surface area contributed by atoms with E-state index < -0.39 is 0 Å². The summed E-state index contributed by atoms with van der Waals surface area (Å²) in [6.45, 7) is 5.29. The lowest BCUT2D eigenvalue weighted by Gasteiger charge is -2.32. The molecule has 0 aliphatic carbocycles. The van der Waals surface area contributed by atoms with E-state index in [4.69, 9.17) is 0 Å². The second-order valence-corrected chi connectivity index (χ2v) is 8.33. The quantitative estimate of drug-likeness (QED) is 0.503. The highest BCUT2D eigenvalue weighted by atomic mass is 15.2. The average Bonchev–Trinajstić information content (AvgIpc) is 3.20. The third-order valence-corrected chi connectivity index (χ3v) is 6.46. The van der Waals surface area contributed by atoms with Crippen molar-refractivity contribution in [3.8, 4) is 11.1 Å². The molecule has 0 amide bonds. The average molecular weight is 400 g/mol. The first-order chi connectivity index (χ1) is 14.7. The number of nitrogens with one attached hydrogen (secondary N) is 1. The van der Waals surface area contributed by atoms with Crippen molar-refractivity contribution in [3.63, 3.8) is 0 Å². The SMILES string of the molecule is CCn1ccc2ccc(-c3cc(NCC4CCCCN4C)cc4nccnc34)cc21. The number of nitrogens with zero attached hydrogens (tertiary/aromatic N) is 4. The Morgan fingerprint density at radius 3 is 2.83 bits per heavy atom. The van der Waals surface area contributed by atoms with E-state index in [0.29, 0.717) is 6.04 Å². The summed E-state index contributed by atoms with van der Waals surface area (Å²) in [4.78, 5) is 11.7. The second kappa shape index (κ2) is 8.07. The Kier molecular flexibility index (Phi) is 5.13. The molecule has 2 aromatic carbocycles. The van der Waals surface area contributed by atoms with Gasteiger partial charge < -0.3 is 14.8 Å². The standard InChI is InChI=1S/C25H29N5/c1-3-30-13-9-18-7-8-19(14-24(18)30)22-15-20(16-23-25(22)27-11-10-26-23)28-17-21-6-4-5-12-29(21)2/h7-11,13-16,21,28H,3-6,12,17H2,1-2H3. The smallest absolute Gasteiger partial charge is 0.0966 e. The summed E-state index contributed by atoms with van der Waals surface area (Å²) < 4.78 is 2.29. The maximum atomic E-state index is 4.67. The number of likely N-dealkylation sites (N-methyl/N-ethyl adjacent to an activating group) is 1. The van der Waals surface area contributed by atoms with E-state index in [1.807, 2.05) is 0 Å². The van der Waals surface area contributed by atoms with Crippen LogP contribution in [-0.2, 0) is 6.54 Å². The zero-order chi connectivity index (χ0) is 20.5. The molecule has 3 heterocycles. The monoisotopic (exact) mass is 399 g/mol. The molecule has 5 rings (SSSR count). The third-order valence-electron chi connectivity index (χ3n) is 6.46. The Bertz CT molecular complexity index is 1180. The van der Waals surface area contributed by atoms with Crippen LogP contribution < -0.4 is 5.32 Å². The van der Waals surface area contributed by atoms with Gasteiger partial charge in [-0.2, -0.15) is 0 Å². The predicted molar refractivity (Wildman–Crippen MR) is 125 cm³/mol. The van der Waals surface area contributed by atoms with E-state index in [1.54, 1.807) is 12.4 Å². The van der Waals surface area contributed by atoms with Gasteiger partial charge in [0.05, 0.1) is 11.0 Å². The Morgan fingerprint density at radius 1 is 1.07 bits per heavy atom. The van der Waals surface area contributed by atoms with Crippen LogP contribution in [0.5, 0.6) is 0 Å². The van der Waals surface area contributed by atoms with Crippen molar-refractivity contribution in [1.29, 1.82) is 0 Å². The molecule has 0 bridgehead atoms. The lowest BCUT2D eigenvalue weighted by Crippen LogP contribution is -2.40. The highest BCUT2D eigenvalue weighted by Crippen LogP contribution is 2.32. The molecular weight excluding hydrogens is 370 g/mol. The minimum atomic E-state index is 0.587. The summed E-state index contributed by atoms with van der Waals surface area (Å²) >= 11 is 0. The predicted octanol–water partition coefficient (Wildman–Crippen LogP) is 5.17. The summed E-state index contributed by atoms with van der Waals surface area (Å²) in [6.07, 6.45) is 9.60. The molecule has 1 atom stereocenters. The molecular formula is C25H29N5. The topological polar surface area (TPSA) is 46.0 Å². The number of benzene rings is 2. The molecule has 30 heavy (non-hydrogen) atoms. The lowest BCUT2D eigenvalue weighted by atomic mass is 10.0. The number of piperidine rings is 1. The summed E-state index contributed by atoms with van der Waals surface area (Å²) in [5, 5.41) is 4.96. The number of anilines is 1. The van der Waals surface area contributed by atoms with Crippen LogP contribution in [0.3, 0.4) is 0 Å². The van der Waals surface area contributed by atoms with Crippen molar-refractivity contribution in [2.45, 2.75) is 38.8 Å². The van der Waals surface area contributed by atoms with Gasteiger partial charge in [0.25, 0.3) is 0 Å². The van der Waals surface area contributed by atoms with Gasteiger partial charge >= 0.3 is 0 Å². The molecule has 2 aromatic heterocycles. The number of aromatic nitrogens is 3. The highest BCUT2D eigenvalue weighted by molar-refractivity contribution is 5.97. The normalized spacial score (nSPS) is 17.6. The van der Waals surface area contributed by atoms with Crippen molar-refractivity contribution in [1.82, 2.24) is 19.4 Å². The van der Waals surface area contributed by atoms with Gasteiger partial charge in [-0.05, 0) is 68.6 Å². The maximum Gasteiger partial charge on any atom is 0.0966 e. The summed E-state index contributed by atoms with van der Waals surface area (Å²) in [5.41, 5.74) is 6.56. The number of fused-ring (bicyclic) bond motifs is 2. The van der Waals surface area contributed by atoms with Gasteiger partial charge in [0.1, 0.15) is 0 Å². The third kappa shape index (κ3) is 3.54. The van der Waals surface area contributed by atoms with Crippen LogP contribution >= 0.6 is 0 Å². The first kappa shape index (κ1) is 19.1. The molecule has 1 aliphatic heterocycles. The minimum Gasteiger partial charge on any atom is -0.383 e. The first-order valence-electron chi connectivity index (χ1n) is 11.0. The van der Waals surface area contributed by atoms with Crippen LogP contribution in [0.2, 0.25) is 0 Å². The first-order valence-corrected chi connectivity index (χ1v) is 11.0. The lowest BCUT2D eigenvalue weighted by molar-refractivity contribution is 0.194. The zero-order valence-corrected chi connectivity index (χ0v) is 17.8. The van der Waals surface area contributed by atoms with E-state index >= 15 is 0 Å². The van der Waals surface area contributed by atoms with Gasteiger partial charge in [-0.25, -0.2) is 0 Å². The molecule has 1 fully saturated rings. The number of aryl methyl sites for hydroxylation is 1. The number of rotatable bonds is 5. The van der Waals surface area contributed by atoms with Crippen LogP contribution in [0.1, 0.15) is 26.2 Å². The molecule has 5 nitrogen and oxygen atoms in total. The van der Waals surface area contributed by atoms with Crippen LogP contribution in [0.4, 0.5) is 5.69 Å². The van der Waals surface area contributed by atoms with E-state index in [1.165, 1.54) is 42.3 Å². The van der Waals surface area contributed by atoms with Gasteiger partial charge in [-0.1, -0.05) is 18.6 Å². The molecule has 0 saturated carbocycles. The molecule has 4 aromatic rings. The van der Waals surface area contributed by atoms with Crippen molar-refractivity contribution in [2.24, 2.45) is 0 Å². The minimum absolute atomic E-state index is 0.587. The van der Waals surface area contributed by atoms with Gasteiger partial charge in [0.2, 0.25) is 0 Å². The van der Waals surface area contributed by atoms with Crippen LogP contribution in [0.15, 0.2) is 55.0 Å². The van der Waals surface area contributed by atoms with Crippen LogP contribution in [0, 0.1) is 0 Å². The summed E-state index contributed by atoms with van der Waals surface area (Å²) in [7, 11) is 2.24. The van der Waals surface area contributed by atoms with E-state index in [0.717, 1.165) is 35.4 Å². The van der Waals surface area contributed by atoms with Gasteiger partial charge in [-0.3, -0.25) is 9.97 Å². The fourth-order valence-electron chi connectivity index (χ4n) is 4.66. The largest absolute Gasteiger partial charge is 0.383 e. The van der Waals surface area contributed by atoms with Crippen molar-refractivity contribution in [2.75, 3.05) is 25.5 Å². The molecule has 0 radical (unpaired) electrons. The van der Waals surface area contributed by atoms with Crippen molar-refractivity contribution < 1.29 is 0 Å². The fourth-order valence-corrected chi connectivity index (χ4v) is 4.66. The number of hydrogen-bond donors (Lipinski definition) is 1. The summed E-state index contributed by atoms with van der Waals surface area (Å²) in [6, 6.07) is 13.8. The van der Waals surface area contributed by atoms with Gasteiger partial charge in [0.15, 0.2) is 0 Å². The van der Waals surface area contributed by atoms with Crippen LogP contribution in [-0.4, -0.2) is 45.6 Å². The molecule has 1 saturated heterocycles. The molecule has 0 spiro atoms. The zero-order valence-electron chi connectivity index (χ0n) is 17.8. The summed E-state index contributed by atoms with van der Waals surface area (Å²) in [5.74, 6) is 0. The number of likely N-dealkylation sites (tertiary alicyclic amines) is 1. The Labute approximate surface area is 177 Å². The fraction of sp³-hybridized carbons (Fsp3) is 0.360. The van der Waals surface area contributed by atoms with Crippen molar-refractivity contribution >= 4 is 27.6 Å². The number of hydrogen-bond acceptors (Lipinski definition) is 4. The van der Waals surface area contributed by atoms with E-state index in [-0.39, 0.29) is 0 Å². The molecule has 1 aliphatic rings. The van der Waals surface area contributed by atoms with Gasteiger partial charge in [0, 0.05) is 54.5 Å². The molecule has 154 valence electrons. The Morgan fingerprint density at radius 2 is 1.97 bits per heavy atom. The van der Waals surface area contributed by atoms with E-state index in [9.17, 15) is 0 Å².